The summed E-state index contributed by atoms with van der Waals surface area (Å²) in [6.45, 7) is 1.09. The van der Waals surface area contributed by atoms with Crippen LogP contribution in [0.1, 0.15) is 28.4 Å². The first-order valence-corrected chi connectivity index (χ1v) is 14.1. The van der Waals surface area contributed by atoms with Gasteiger partial charge in [-0.3, -0.25) is 29.4 Å². The van der Waals surface area contributed by atoms with Crippen molar-refractivity contribution in [3.63, 3.8) is 0 Å². The molecule has 1 aliphatic rings. The number of nitrogens with zero attached hydrogens (tertiary/aromatic N) is 2. The van der Waals surface area contributed by atoms with Gasteiger partial charge in [0.05, 0.1) is 39.7 Å². The molecule has 1 aliphatic heterocycles. The van der Waals surface area contributed by atoms with Crippen LogP contribution in [-0.4, -0.2) is 53.1 Å². The van der Waals surface area contributed by atoms with Gasteiger partial charge in [0.1, 0.15) is 6.54 Å². The van der Waals surface area contributed by atoms with Gasteiger partial charge in [0.15, 0.2) is 11.5 Å². The number of carbonyl (C=O) groups excluding carboxylic acids is 4. The van der Waals surface area contributed by atoms with Gasteiger partial charge in [0, 0.05) is 11.8 Å². The Morgan fingerprint density at radius 2 is 1.78 bits per heavy atom. The maximum atomic E-state index is 13.0. The number of nitro benzene ring substituents is 1. The Kier molecular flexibility index (Phi) is 10.2. The van der Waals surface area contributed by atoms with Crippen molar-refractivity contribution in [2.75, 3.05) is 25.6 Å². The Morgan fingerprint density at radius 3 is 2.43 bits per heavy atom. The zero-order chi connectivity index (χ0) is 33.8. The summed E-state index contributed by atoms with van der Waals surface area (Å²) in [5.74, 6) is -2.75. The quantitative estimate of drug-likeness (QED) is 0.103. The molecule has 0 aliphatic carbocycles. The van der Waals surface area contributed by atoms with E-state index in [2.05, 4.69) is 5.32 Å². The monoisotopic (exact) mass is 679 g/mol. The first kappa shape index (κ1) is 33.8. The second-order valence-corrected chi connectivity index (χ2v) is 10.6. The van der Waals surface area contributed by atoms with Gasteiger partial charge in [-0.1, -0.05) is 17.7 Å². The Balaban J connectivity index is 1.49. The number of methoxy groups -OCH3 is 1. The molecular weight excluding hydrogens is 659 g/mol. The fraction of sp³-hybridized carbons (Fsp3) is 0.172. The smallest absolute Gasteiger partial charge is 0.416 e. The van der Waals surface area contributed by atoms with Crippen molar-refractivity contribution in [2.45, 2.75) is 13.1 Å². The number of halogens is 4. The molecule has 0 saturated carbocycles. The number of rotatable bonds is 10. The maximum absolute atomic E-state index is 13.0. The van der Waals surface area contributed by atoms with Crippen molar-refractivity contribution in [2.24, 2.45) is 0 Å². The van der Waals surface area contributed by atoms with E-state index in [1.165, 1.54) is 49.6 Å². The zero-order valence-corrected chi connectivity index (χ0v) is 25.2. The van der Waals surface area contributed by atoms with Crippen molar-refractivity contribution in [3.8, 4) is 17.2 Å². The Bertz CT molecular complexity index is 1780. The van der Waals surface area contributed by atoms with E-state index in [1.807, 2.05) is 0 Å². The summed E-state index contributed by atoms with van der Waals surface area (Å²) < 4.78 is 54.8. The number of imide groups is 1. The molecule has 0 atom stereocenters. The predicted molar refractivity (Wildman–Crippen MR) is 160 cm³/mol. The molecule has 1 fully saturated rings. The fourth-order valence-electron chi connectivity index (χ4n) is 4.00. The molecule has 0 spiro atoms. The largest absolute Gasteiger partial charge is 0.493 e. The summed E-state index contributed by atoms with van der Waals surface area (Å²) in [6, 6.07) is 9.98. The Hall–Kier alpha value is -5.09. The highest BCUT2D eigenvalue weighted by molar-refractivity contribution is 8.18. The lowest BCUT2D eigenvalue weighted by Gasteiger charge is -2.13. The molecule has 0 bridgehead atoms. The van der Waals surface area contributed by atoms with E-state index in [1.54, 1.807) is 6.92 Å². The van der Waals surface area contributed by atoms with Gasteiger partial charge in [-0.2, -0.15) is 13.2 Å². The van der Waals surface area contributed by atoms with Crippen molar-refractivity contribution >= 4 is 63.8 Å². The van der Waals surface area contributed by atoms with Crippen LogP contribution in [0, 0.1) is 10.1 Å². The fourth-order valence-corrected chi connectivity index (χ4v) is 5.03. The summed E-state index contributed by atoms with van der Waals surface area (Å²) in [5.41, 5.74) is -1.63. The number of nitro groups is 1. The number of carbonyl (C=O) groups is 4. The van der Waals surface area contributed by atoms with Gasteiger partial charge < -0.3 is 19.5 Å². The molecule has 12 nitrogen and oxygen atoms in total. The van der Waals surface area contributed by atoms with Crippen LogP contribution < -0.4 is 14.8 Å². The minimum Gasteiger partial charge on any atom is -0.493 e. The first-order valence-electron chi connectivity index (χ1n) is 12.9. The Morgan fingerprint density at radius 1 is 1.07 bits per heavy atom. The van der Waals surface area contributed by atoms with Gasteiger partial charge in [-0.25, -0.2) is 4.79 Å². The van der Waals surface area contributed by atoms with Crippen LogP contribution in [0.4, 0.5) is 29.3 Å². The van der Waals surface area contributed by atoms with Gasteiger partial charge in [-0.05, 0) is 72.8 Å². The van der Waals surface area contributed by atoms with E-state index in [0.29, 0.717) is 34.4 Å². The van der Waals surface area contributed by atoms with E-state index in [9.17, 15) is 42.5 Å². The minimum atomic E-state index is -4.81. The average molecular weight is 680 g/mol. The van der Waals surface area contributed by atoms with Crippen LogP contribution in [0.2, 0.25) is 5.02 Å². The third-order valence-corrected chi connectivity index (χ3v) is 7.35. The van der Waals surface area contributed by atoms with E-state index in [4.69, 9.17) is 25.8 Å². The number of benzene rings is 3. The lowest BCUT2D eigenvalue weighted by molar-refractivity contribution is -0.385. The molecule has 0 aromatic heterocycles. The van der Waals surface area contributed by atoms with E-state index < -0.39 is 57.7 Å². The van der Waals surface area contributed by atoms with Gasteiger partial charge in [-0.15, -0.1) is 0 Å². The second kappa shape index (κ2) is 13.9. The van der Waals surface area contributed by atoms with Crippen LogP contribution in [0.25, 0.3) is 6.08 Å². The number of amides is 3. The average Bonchev–Trinajstić information content (AvgIpc) is 3.25. The van der Waals surface area contributed by atoms with Gasteiger partial charge in [0.2, 0.25) is 11.7 Å². The van der Waals surface area contributed by atoms with Crippen LogP contribution in [0.3, 0.4) is 0 Å². The lowest BCUT2D eigenvalue weighted by atomic mass is 10.1. The van der Waals surface area contributed by atoms with Crippen LogP contribution in [0.5, 0.6) is 17.2 Å². The number of nitrogens with one attached hydrogen (secondary N) is 1. The Labute approximate surface area is 267 Å². The third-order valence-electron chi connectivity index (χ3n) is 6.11. The summed E-state index contributed by atoms with van der Waals surface area (Å²) in [6.07, 6.45) is -3.47. The molecule has 240 valence electrons. The minimum absolute atomic E-state index is 0.00621. The molecule has 17 heteroatoms. The normalized spacial score (nSPS) is 14.0. The maximum Gasteiger partial charge on any atom is 0.416 e. The number of hydrogen-bond acceptors (Lipinski definition) is 10. The number of hydrogen-bond donors (Lipinski definition) is 1. The number of thioether (sulfide) groups is 1. The van der Waals surface area contributed by atoms with Crippen LogP contribution >= 0.6 is 23.4 Å². The number of alkyl halides is 3. The molecule has 3 aromatic rings. The topological polar surface area (TPSA) is 154 Å². The molecule has 4 rings (SSSR count). The molecule has 3 aromatic carbocycles. The van der Waals surface area contributed by atoms with Crippen molar-refractivity contribution in [1.29, 1.82) is 0 Å². The van der Waals surface area contributed by atoms with E-state index >= 15 is 0 Å². The second-order valence-electron chi connectivity index (χ2n) is 9.18. The molecule has 3 amide bonds. The molecule has 1 heterocycles. The van der Waals surface area contributed by atoms with Gasteiger partial charge >= 0.3 is 17.8 Å². The zero-order valence-electron chi connectivity index (χ0n) is 23.7. The van der Waals surface area contributed by atoms with Crippen molar-refractivity contribution in [1.82, 2.24) is 4.90 Å². The lowest BCUT2D eigenvalue weighted by Crippen LogP contribution is -2.36. The standard InChI is InChI=1S/C29H21ClF3N3O9S/c1-3-44-27(39)18-13-17(6-7-19(18)30)34-25(37)14-35-26(38)24(46-28(35)40)11-15-4-8-22(23(10-15)43-2)45-21-9-5-16(29(31,32)33)12-20(21)36(41)42/h4-13H,3,14H2,1-2H3,(H,34,37)/b24-11+. The van der Waals surface area contributed by atoms with E-state index in [-0.39, 0.29) is 39.3 Å². The highest BCUT2D eigenvalue weighted by Gasteiger charge is 2.37. The summed E-state index contributed by atoms with van der Waals surface area (Å²) in [7, 11) is 1.25. The summed E-state index contributed by atoms with van der Waals surface area (Å²) in [4.78, 5) is 61.4. The first-order chi connectivity index (χ1) is 21.7. The molecule has 0 radical (unpaired) electrons. The molecule has 1 N–H and O–H groups in total. The number of ether oxygens (including phenoxy) is 3. The van der Waals surface area contributed by atoms with Crippen LogP contribution in [-0.2, 0) is 20.5 Å². The number of anilines is 1. The highest BCUT2D eigenvalue weighted by atomic mass is 35.5. The van der Waals surface area contributed by atoms with Crippen LogP contribution in [0.15, 0.2) is 59.5 Å². The molecule has 1 saturated heterocycles. The molecule has 0 unspecified atom stereocenters. The predicted octanol–water partition coefficient (Wildman–Crippen LogP) is 6.92. The number of esters is 1. The van der Waals surface area contributed by atoms with Crippen molar-refractivity contribution < 1.29 is 51.5 Å². The SMILES string of the molecule is CCOC(=O)c1cc(NC(=O)CN2C(=O)S/C(=C/c3ccc(Oc4ccc(C(F)(F)F)cc4[N+](=O)[O-])c(OC)c3)C2=O)ccc1Cl. The van der Waals surface area contributed by atoms with E-state index in [0.717, 1.165) is 6.07 Å². The highest BCUT2D eigenvalue weighted by Crippen LogP contribution is 2.41. The van der Waals surface area contributed by atoms with Gasteiger partial charge in [0.25, 0.3) is 11.1 Å². The summed E-state index contributed by atoms with van der Waals surface area (Å²) >= 11 is 6.60. The van der Waals surface area contributed by atoms with Crippen molar-refractivity contribution in [3.05, 3.63) is 91.3 Å². The molecular formula is C29H21ClF3N3O9S. The molecule has 46 heavy (non-hydrogen) atoms. The third kappa shape index (κ3) is 7.76. The summed E-state index contributed by atoms with van der Waals surface area (Å²) in [5, 5.41) is 13.3.